The number of amides is 1. The molecule has 3 nitrogen and oxygen atoms in total. The number of hydrogen-bond donors (Lipinski definition) is 0. The van der Waals surface area contributed by atoms with E-state index in [1.807, 2.05) is 32.6 Å². The van der Waals surface area contributed by atoms with E-state index in [2.05, 4.69) is 20.8 Å². The SMILES string of the molecule is CC(C)C.CCC(=O)N1CCC(C(=O)C(C)(C)C)CC1. The Labute approximate surface area is 125 Å². The number of nitrogens with zero attached hydrogens (tertiary/aromatic N) is 1. The monoisotopic (exact) mass is 283 g/mol. The van der Waals surface area contributed by atoms with Gasteiger partial charge in [-0.15, -0.1) is 0 Å². The van der Waals surface area contributed by atoms with Crippen molar-refractivity contribution in [2.45, 2.75) is 67.7 Å². The zero-order valence-corrected chi connectivity index (χ0v) is 14.5. The first-order chi connectivity index (χ1) is 9.09. The van der Waals surface area contributed by atoms with Gasteiger partial charge in [-0.05, 0) is 18.8 Å². The van der Waals surface area contributed by atoms with Crippen molar-refractivity contribution >= 4 is 11.7 Å². The standard InChI is InChI=1S/C13H23NO2.C4H10/c1-5-11(15)14-8-6-10(7-9-14)12(16)13(2,3)4;1-4(2)3/h10H,5-9H2,1-4H3;4H,1-3H3. The van der Waals surface area contributed by atoms with Gasteiger partial charge in [0, 0.05) is 30.8 Å². The first kappa shape index (κ1) is 19.1. The van der Waals surface area contributed by atoms with Crippen molar-refractivity contribution in [3.05, 3.63) is 0 Å². The maximum Gasteiger partial charge on any atom is 0.222 e. The highest BCUT2D eigenvalue weighted by atomic mass is 16.2. The Balaban J connectivity index is 0.000000796. The first-order valence-corrected chi connectivity index (χ1v) is 7.91. The number of piperidine rings is 1. The molecule has 1 heterocycles. The predicted molar refractivity (Wildman–Crippen MR) is 84.6 cm³/mol. The molecule has 0 saturated carbocycles. The van der Waals surface area contributed by atoms with Crippen LogP contribution in [0.2, 0.25) is 0 Å². The molecule has 0 aromatic carbocycles. The fraction of sp³-hybridized carbons (Fsp3) is 0.882. The van der Waals surface area contributed by atoms with Crippen molar-refractivity contribution in [3.8, 4) is 0 Å². The molecular formula is C17H33NO2. The summed E-state index contributed by atoms with van der Waals surface area (Å²) in [7, 11) is 0. The van der Waals surface area contributed by atoms with Gasteiger partial charge in [-0.3, -0.25) is 9.59 Å². The first-order valence-electron chi connectivity index (χ1n) is 7.91. The second-order valence-corrected chi connectivity index (χ2v) is 7.35. The van der Waals surface area contributed by atoms with Crippen LogP contribution in [0, 0.1) is 17.3 Å². The van der Waals surface area contributed by atoms with Gasteiger partial charge in [0.15, 0.2) is 0 Å². The van der Waals surface area contributed by atoms with Gasteiger partial charge in [-0.25, -0.2) is 0 Å². The van der Waals surface area contributed by atoms with Crippen molar-refractivity contribution in [1.29, 1.82) is 0 Å². The van der Waals surface area contributed by atoms with Crippen molar-refractivity contribution in [1.82, 2.24) is 4.90 Å². The second kappa shape index (κ2) is 8.43. The van der Waals surface area contributed by atoms with E-state index in [1.165, 1.54) is 0 Å². The molecule has 1 aliphatic rings. The number of carbonyl (C=O) groups excluding carboxylic acids is 2. The molecule has 0 atom stereocenters. The Hall–Kier alpha value is -0.860. The van der Waals surface area contributed by atoms with Crippen LogP contribution >= 0.6 is 0 Å². The van der Waals surface area contributed by atoms with Crippen LogP contribution < -0.4 is 0 Å². The van der Waals surface area contributed by atoms with E-state index >= 15 is 0 Å². The molecule has 0 N–H and O–H groups in total. The molecule has 0 radical (unpaired) electrons. The number of hydrogen-bond acceptors (Lipinski definition) is 2. The molecule has 1 amide bonds. The quantitative estimate of drug-likeness (QED) is 0.770. The number of Topliss-reactive ketones (excluding diaryl/α,β-unsaturated/α-hetero) is 1. The van der Waals surface area contributed by atoms with Crippen LogP contribution in [0.3, 0.4) is 0 Å². The van der Waals surface area contributed by atoms with Crippen LogP contribution in [0.4, 0.5) is 0 Å². The van der Waals surface area contributed by atoms with Crippen molar-refractivity contribution in [2.24, 2.45) is 17.3 Å². The lowest BCUT2D eigenvalue weighted by Gasteiger charge is -2.33. The van der Waals surface area contributed by atoms with E-state index in [0.717, 1.165) is 31.8 Å². The topological polar surface area (TPSA) is 37.4 Å². The highest BCUT2D eigenvalue weighted by Crippen LogP contribution is 2.27. The number of carbonyl (C=O) groups is 2. The Bertz CT molecular complexity index is 305. The van der Waals surface area contributed by atoms with Gasteiger partial charge < -0.3 is 4.90 Å². The van der Waals surface area contributed by atoms with Crippen molar-refractivity contribution in [2.75, 3.05) is 13.1 Å². The summed E-state index contributed by atoms with van der Waals surface area (Å²) in [6, 6.07) is 0. The maximum absolute atomic E-state index is 12.1. The molecule has 118 valence electrons. The summed E-state index contributed by atoms with van der Waals surface area (Å²) in [6.07, 6.45) is 2.24. The summed E-state index contributed by atoms with van der Waals surface area (Å²) in [5, 5.41) is 0. The minimum Gasteiger partial charge on any atom is -0.343 e. The predicted octanol–water partition coefficient (Wildman–Crippen LogP) is 3.91. The Morgan fingerprint density at radius 2 is 1.50 bits per heavy atom. The molecule has 0 aromatic rings. The third kappa shape index (κ3) is 7.06. The molecule has 0 spiro atoms. The second-order valence-electron chi connectivity index (χ2n) is 7.35. The maximum atomic E-state index is 12.1. The van der Waals surface area contributed by atoms with Crippen LogP contribution in [0.15, 0.2) is 0 Å². The molecule has 1 rings (SSSR count). The van der Waals surface area contributed by atoms with Gasteiger partial charge in [0.2, 0.25) is 5.91 Å². The van der Waals surface area contributed by atoms with Crippen LogP contribution in [0.25, 0.3) is 0 Å². The molecule has 20 heavy (non-hydrogen) atoms. The summed E-state index contributed by atoms with van der Waals surface area (Å²) >= 11 is 0. The van der Waals surface area contributed by atoms with E-state index in [9.17, 15) is 9.59 Å². The summed E-state index contributed by atoms with van der Waals surface area (Å²) in [6.45, 7) is 15.8. The highest BCUT2D eigenvalue weighted by Gasteiger charge is 2.32. The fourth-order valence-electron chi connectivity index (χ4n) is 2.23. The molecule has 3 heteroatoms. The zero-order valence-electron chi connectivity index (χ0n) is 14.5. The lowest BCUT2D eigenvalue weighted by atomic mass is 9.79. The molecular weight excluding hydrogens is 250 g/mol. The van der Waals surface area contributed by atoms with Gasteiger partial charge >= 0.3 is 0 Å². The largest absolute Gasteiger partial charge is 0.343 e. The Kier molecular flexibility index (Phi) is 8.07. The van der Waals surface area contributed by atoms with E-state index in [-0.39, 0.29) is 17.2 Å². The van der Waals surface area contributed by atoms with E-state index in [0.29, 0.717) is 12.2 Å². The summed E-state index contributed by atoms with van der Waals surface area (Å²) < 4.78 is 0. The van der Waals surface area contributed by atoms with Crippen LogP contribution in [-0.2, 0) is 9.59 Å². The number of rotatable bonds is 2. The average molecular weight is 283 g/mol. The number of ketones is 1. The van der Waals surface area contributed by atoms with Gasteiger partial charge in [0.05, 0.1) is 0 Å². The molecule has 1 fully saturated rings. The van der Waals surface area contributed by atoms with Gasteiger partial charge in [-0.2, -0.15) is 0 Å². The molecule has 0 aromatic heterocycles. The molecule has 1 aliphatic heterocycles. The lowest BCUT2D eigenvalue weighted by molar-refractivity contribution is -0.137. The van der Waals surface area contributed by atoms with Crippen LogP contribution in [0.5, 0.6) is 0 Å². The summed E-state index contributed by atoms with van der Waals surface area (Å²) in [5.41, 5.74) is -0.248. The molecule has 0 bridgehead atoms. The minimum absolute atomic E-state index is 0.154. The fourth-order valence-corrected chi connectivity index (χ4v) is 2.23. The minimum atomic E-state index is -0.248. The molecule has 1 saturated heterocycles. The Morgan fingerprint density at radius 1 is 1.10 bits per heavy atom. The molecule has 0 unspecified atom stereocenters. The Morgan fingerprint density at radius 3 is 1.80 bits per heavy atom. The van der Waals surface area contributed by atoms with Crippen molar-refractivity contribution in [3.63, 3.8) is 0 Å². The smallest absolute Gasteiger partial charge is 0.222 e. The average Bonchev–Trinajstić information content (AvgIpc) is 2.35. The van der Waals surface area contributed by atoms with Crippen LogP contribution in [0.1, 0.15) is 67.7 Å². The lowest BCUT2D eigenvalue weighted by Crippen LogP contribution is -2.42. The highest BCUT2D eigenvalue weighted by molar-refractivity contribution is 5.86. The van der Waals surface area contributed by atoms with E-state index < -0.39 is 0 Å². The van der Waals surface area contributed by atoms with Gasteiger partial charge in [-0.1, -0.05) is 48.5 Å². The zero-order chi connectivity index (χ0) is 15.9. The van der Waals surface area contributed by atoms with Gasteiger partial charge in [0.1, 0.15) is 5.78 Å². The molecule has 0 aliphatic carbocycles. The third-order valence-electron chi connectivity index (χ3n) is 3.26. The summed E-state index contributed by atoms with van der Waals surface area (Å²) in [5.74, 6) is 1.54. The van der Waals surface area contributed by atoms with Gasteiger partial charge in [0.25, 0.3) is 0 Å². The number of likely N-dealkylation sites (tertiary alicyclic amines) is 1. The van der Waals surface area contributed by atoms with E-state index in [4.69, 9.17) is 0 Å². The van der Waals surface area contributed by atoms with E-state index in [1.54, 1.807) is 0 Å². The van der Waals surface area contributed by atoms with Crippen LogP contribution in [-0.4, -0.2) is 29.7 Å². The third-order valence-corrected chi connectivity index (χ3v) is 3.26. The van der Waals surface area contributed by atoms with Crippen molar-refractivity contribution < 1.29 is 9.59 Å². The normalized spacial score (nSPS) is 16.7. The summed E-state index contributed by atoms with van der Waals surface area (Å²) in [4.78, 5) is 25.4.